The first kappa shape index (κ1) is 25.2. The maximum absolute atomic E-state index is 13.4. The topological polar surface area (TPSA) is 101 Å². The zero-order valence-corrected chi connectivity index (χ0v) is 21.8. The molecule has 8 heteroatoms. The Morgan fingerprint density at radius 1 is 0.944 bits per heavy atom. The van der Waals surface area contributed by atoms with Gasteiger partial charge in [-0.15, -0.1) is 0 Å². The highest BCUT2D eigenvalue weighted by atomic mass is 16.6. The van der Waals surface area contributed by atoms with Crippen molar-refractivity contribution in [3.05, 3.63) is 35.9 Å². The van der Waals surface area contributed by atoms with Crippen LogP contribution in [0.1, 0.15) is 72.5 Å². The van der Waals surface area contributed by atoms with Crippen molar-refractivity contribution in [1.82, 2.24) is 0 Å². The molecule has 5 rings (SSSR count). The third-order valence-corrected chi connectivity index (χ3v) is 9.09. The Morgan fingerprint density at radius 2 is 1.61 bits per heavy atom. The van der Waals surface area contributed by atoms with Gasteiger partial charge in [-0.3, -0.25) is 9.59 Å². The summed E-state index contributed by atoms with van der Waals surface area (Å²) in [5.74, 6) is -1.25. The zero-order valence-electron chi connectivity index (χ0n) is 21.8. The van der Waals surface area contributed by atoms with Crippen molar-refractivity contribution in [3.63, 3.8) is 0 Å². The van der Waals surface area contributed by atoms with Gasteiger partial charge in [0, 0.05) is 13.8 Å². The number of fused-ring (bicyclic) bond motifs is 1. The molecule has 2 saturated carbocycles. The van der Waals surface area contributed by atoms with Gasteiger partial charge in [-0.25, -0.2) is 4.79 Å². The fraction of sp³-hybridized carbons (Fsp3) is 0.679. The fourth-order valence-electron chi connectivity index (χ4n) is 7.25. The van der Waals surface area contributed by atoms with E-state index < -0.39 is 58.9 Å². The lowest BCUT2D eigenvalue weighted by molar-refractivity contribution is -0.285. The quantitative estimate of drug-likeness (QED) is 0.341. The maximum atomic E-state index is 13.4. The van der Waals surface area contributed by atoms with Crippen molar-refractivity contribution < 1.29 is 38.1 Å². The average molecular weight is 501 g/mol. The number of epoxide rings is 1. The number of carbonyl (C=O) groups is 3. The Labute approximate surface area is 211 Å². The number of hydrogen-bond acceptors (Lipinski definition) is 8. The average Bonchev–Trinajstić information content (AvgIpc) is 3.55. The summed E-state index contributed by atoms with van der Waals surface area (Å²) in [4.78, 5) is 37.6. The lowest BCUT2D eigenvalue weighted by atomic mass is 9.49. The second-order valence-corrected chi connectivity index (χ2v) is 11.6. The van der Waals surface area contributed by atoms with Gasteiger partial charge in [-0.05, 0) is 57.4 Å². The zero-order chi connectivity index (χ0) is 26.0. The van der Waals surface area contributed by atoms with Gasteiger partial charge in [0.15, 0.2) is 12.2 Å². The third-order valence-electron chi connectivity index (χ3n) is 9.09. The lowest BCUT2D eigenvalue weighted by Crippen LogP contribution is -2.71. The number of esters is 3. The van der Waals surface area contributed by atoms with Crippen molar-refractivity contribution in [3.8, 4) is 0 Å². The van der Waals surface area contributed by atoms with E-state index in [-0.39, 0.29) is 17.9 Å². The molecule has 4 fully saturated rings. The molecule has 2 heterocycles. The van der Waals surface area contributed by atoms with Crippen molar-refractivity contribution in [2.24, 2.45) is 17.3 Å². The van der Waals surface area contributed by atoms with Crippen LogP contribution in [0.5, 0.6) is 0 Å². The number of rotatable bonds is 5. The van der Waals surface area contributed by atoms with Gasteiger partial charge in [0.25, 0.3) is 0 Å². The molecule has 36 heavy (non-hydrogen) atoms. The Hall–Kier alpha value is -2.45. The van der Waals surface area contributed by atoms with Crippen LogP contribution < -0.4 is 0 Å². The van der Waals surface area contributed by atoms with Crippen molar-refractivity contribution in [2.75, 3.05) is 0 Å². The minimum absolute atomic E-state index is 0.0290. The number of ether oxygens (including phenoxy) is 5. The van der Waals surface area contributed by atoms with E-state index in [9.17, 15) is 14.4 Å². The number of carbonyl (C=O) groups excluding carboxylic acids is 3. The lowest BCUT2D eigenvalue weighted by Gasteiger charge is -2.61. The standard InChI is InChI=1S/C28H36O8/c1-15-12-20(32-16(2)29)24(33-17(3)30)27(6)21(13-19-14-28(15,27)36-26(19,4)5)34-25(31)23-22(35-23)18-10-8-7-9-11-18/h7-11,15,19-24H,12-14H2,1-6H3/t15-,19-,20+,21+,22?,23?,24+,27-,28+/m1/s1. The molecule has 0 radical (unpaired) electrons. The summed E-state index contributed by atoms with van der Waals surface area (Å²) in [6.07, 6.45) is -1.34. The van der Waals surface area contributed by atoms with Crippen LogP contribution in [0, 0.1) is 17.3 Å². The Kier molecular flexibility index (Phi) is 5.99. The second kappa shape index (κ2) is 8.55. The number of benzene rings is 1. The summed E-state index contributed by atoms with van der Waals surface area (Å²) in [5, 5.41) is 0. The smallest absolute Gasteiger partial charge is 0.338 e. The molecule has 1 aromatic carbocycles. The second-order valence-electron chi connectivity index (χ2n) is 11.6. The predicted molar refractivity (Wildman–Crippen MR) is 128 cm³/mol. The monoisotopic (exact) mass is 500 g/mol. The van der Waals surface area contributed by atoms with E-state index in [2.05, 4.69) is 20.8 Å². The van der Waals surface area contributed by atoms with Gasteiger partial charge in [0.2, 0.25) is 0 Å². The van der Waals surface area contributed by atoms with E-state index >= 15 is 0 Å². The molecule has 2 aliphatic carbocycles. The van der Waals surface area contributed by atoms with Gasteiger partial charge >= 0.3 is 17.9 Å². The Morgan fingerprint density at radius 3 is 2.25 bits per heavy atom. The van der Waals surface area contributed by atoms with E-state index in [4.69, 9.17) is 23.7 Å². The van der Waals surface area contributed by atoms with E-state index in [1.807, 2.05) is 37.3 Å². The van der Waals surface area contributed by atoms with Gasteiger partial charge in [-0.1, -0.05) is 37.3 Å². The molecule has 0 N–H and O–H groups in total. The normalized spacial score (nSPS) is 42.1. The van der Waals surface area contributed by atoms with Crippen LogP contribution >= 0.6 is 0 Å². The SMILES string of the molecule is CC(=O)O[C@H]1C[C@@H](C)[C@@]23C[C@@H](C[C@H](OC(=O)C4OC4c4ccccc4)[C@]2(C)[C@H]1OC(C)=O)C(C)(C)O3. The van der Waals surface area contributed by atoms with Crippen molar-refractivity contribution in [2.45, 2.75) is 103 Å². The van der Waals surface area contributed by atoms with E-state index in [0.717, 1.165) is 12.0 Å². The molecule has 0 amide bonds. The molecule has 2 bridgehead atoms. The summed E-state index contributed by atoms with van der Waals surface area (Å²) in [7, 11) is 0. The molecule has 0 aromatic heterocycles. The molecule has 2 saturated heterocycles. The van der Waals surface area contributed by atoms with Crippen LogP contribution in [0.2, 0.25) is 0 Å². The minimum atomic E-state index is -0.937. The molecule has 2 aliphatic heterocycles. The fourth-order valence-corrected chi connectivity index (χ4v) is 7.25. The first-order valence-electron chi connectivity index (χ1n) is 12.8. The van der Waals surface area contributed by atoms with Crippen LogP contribution in [0.4, 0.5) is 0 Å². The van der Waals surface area contributed by atoms with Gasteiger partial charge in [-0.2, -0.15) is 0 Å². The first-order chi connectivity index (χ1) is 16.9. The van der Waals surface area contributed by atoms with Crippen LogP contribution in [0.25, 0.3) is 0 Å². The van der Waals surface area contributed by atoms with Crippen LogP contribution in [0.15, 0.2) is 30.3 Å². The number of hydrogen-bond donors (Lipinski definition) is 0. The summed E-state index contributed by atoms with van der Waals surface area (Å²) in [6, 6.07) is 9.58. The summed E-state index contributed by atoms with van der Waals surface area (Å²) in [5.41, 5.74) is -1.18. The largest absolute Gasteiger partial charge is 0.460 e. The summed E-state index contributed by atoms with van der Waals surface area (Å²) < 4.78 is 30.4. The van der Waals surface area contributed by atoms with E-state index in [0.29, 0.717) is 12.8 Å². The van der Waals surface area contributed by atoms with Crippen LogP contribution in [-0.2, 0) is 38.1 Å². The maximum Gasteiger partial charge on any atom is 0.338 e. The summed E-state index contributed by atoms with van der Waals surface area (Å²) in [6.45, 7) is 10.9. The molecule has 1 aromatic rings. The molecule has 1 spiro atoms. The highest BCUT2D eigenvalue weighted by Gasteiger charge is 2.75. The molecule has 2 unspecified atom stereocenters. The highest BCUT2D eigenvalue weighted by molar-refractivity contribution is 5.78. The third kappa shape index (κ3) is 3.84. The Bertz CT molecular complexity index is 1050. The minimum Gasteiger partial charge on any atom is -0.460 e. The molecule has 9 atom stereocenters. The van der Waals surface area contributed by atoms with Crippen LogP contribution in [0.3, 0.4) is 0 Å². The molecular formula is C28H36O8. The first-order valence-corrected chi connectivity index (χ1v) is 12.8. The van der Waals surface area contributed by atoms with Gasteiger partial charge in [0.1, 0.15) is 18.3 Å². The molecular weight excluding hydrogens is 464 g/mol. The molecule has 4 aliphatic rings. The molecule has 196 valence electrons. The van der Waals surface area contributed by atoms with Crippen molar-refractivity contribution in [1.29, 1.82) is 0 Å². The van der Waals surface area contributed by atoms with Gasteiger partial charge in [0.05, 0.1) is 16.6 Å². The van der Waals surface area contributed by atoms with Crippen LogP contribution in [-0.4, -0.2) is 53.5 Å². The van der Waals surface area contributed by atoms with Crippen molar-refractivity contribution >= 4 is 17.9 Å². The summed E-state index contributed by atoms with van der Waals surface area (Å²) >= 11 is 0. The Balaban J connectivity index is 1.50. The predicted octanol–water partition coefficient (Wildman–Crippen LogP) is 3.91. The highest BCUT2D eigenvalue weighted by Crippen LogP contribution is 2.67. The van der Waals surface area contributed by atoms with E-state index in [1.54, 1.807) is 0 Å². The van der Waals surface area contributed by atoms with Gasteiger partial charge < -0.3 is 23.7 Å². The molecule has 8 nitrogen and oxygen atoms in total. The van der Waals surface area contributed by atoms with E-state index in [1.165, 1.54) is 13.8 Å².